The van der Waals surface area contributed by atoms with Crippen molar-refractivity contribution >= 4 is 28.7 Å². The molecule has 0 aliphatic rings. The number of amides is 1. The lowest BCUT2D eigenvalue weighted by Gasteiger charge is -2.21. The van der Waals surface area contributed by atoms with E-state index in [4.69, 9.17) is 0 Å². The summed E-state index contributed by atoms with van der Waals surface area (Å²) in [7, 11) is 0. The molecule has 3 rings (SSSR count). The van der Waals surface area contributed by atoms with Gasteiger partial charge in [-0.15, -0.1) is 11.3 Å². The lowest BCUT2D eigenvalue weighted by molar-refractivity contribution is 0.0872. The Bertz CT molecular complexity index is 860. The van der Waals surface area contributed by atoms with Crippen LogP contribution in [0.5, 0.6) is 0 Å². The van der Waals surface area contributed by atoms with E-state index < -0.39 is 6.17 Å². The summed E-state index contributed by atoms with van der Waals surface area (Å²) in [5.41, 5.74) is 2.35. The Morgan fingerprint density at radius 1 is 0.920 bits per heavy atom. The summed E-state index contributed by atoms with van der Waals surface area (Å²) in [6, 6.07) is 20.1. The predicted octanol–water partition coefficient (Wildman–Crippen LogP) is 4.11. The molecule has 126 valence electrons. The maximum atomic E-state index is 12.9. The summed E-state index contributed by atoms with van der Waals surface area (Å²) < 4.78 is 0. The second kappa shape index (κ2) is 7.77. The molecule has 1 aromatic heterocycles. The molecule has 25 heavy (non-hydrogen) atoms. The predicted molar refractivity (Wildman–Crippen MR) is 101 cm³/mol. The third kappa shape index (κ3) is 4.14. The van der Waals surface area contributed by atoms with Crippen molar-refractivity contribution in [3.8, 4) is 0 Å². The van der Waals surface area contributed by atoms with Crippen molar-refractivity contribution in [3.63, 3.8) is 0 Å². The van der Waals surface area contributed by atoms with Crippen molar-refractivity contribution in [1.82, 2.24) is 5.32 Å². The van der Waals surface area contributed by atoms with Gasteiger partial charge in [0.2, 0.25) is 5.78 Å². The average Bonchev–Trinajstić information content (AvgIpc) is 3.18. The zero-order valence-corrected chi connectivity index (χ0v) is 14.5. The van der Waals surface area contributed by atoms with Crippen LogP contribution in [0.25, 0.3) is 0 Å². The zero-order valence-electron chi connectivity index (χ0n) is 13.7. The fourth-order valence-electron chi connectivity index (χ4n) is 2.44. The number of carbonyl (C=O) groups is 2. The number of hydrogen-bond donors (Lipinski definition) is 2. The number of ketones is 1. The van der Waals surface area contributed by atoms with Gasteiger partial charge < -0.3 is 10.6 Å². The highest BCUT2D eigenvalue weighted by Crippen LogP contribution is 2.16. The number of rotatable bonds is 6. The van der Waals surface area contributed by atoms with Crippen LogP contribution in [0, 0.1) is 6.92 Å². The molecule has 0 fully saturated rings. The Balaban J connectivity index is 1.86. The maximum Gasteiger partial charge on any atom is 0.263 e. The highest BCUT2D eigenvalue weighted by atomic mass is 32.1. The van der Waals surface area contributed by atoms with E-state index in [-0.39, 0.29) is 11.7 Å². The lowest BCUT2D eigenvalue weighted by atomic mass is 10.1. The lowest BCUT2D eigenvalue weighted by Crippen LogP contribution is -2.46. The van der Waals surface area contributed by atoms with E-state index in [1.54, 1.807) is 30.3 Å². The van der Waals surface area contributed by atoms with Gasteiger partial charge in [0.15, 0.2) is 6.17 Å². The molecule has 0 radical (unpaired) electrons. The zero-order chi connectivity index (χ0) is 17.6. The number of nitrogens with one attached hydrogen (secondary N) is 2. The van der Waals surface area contributed by atoms with Gasteiger partial charge in [-0.05, 0) is 30.0 Å². The van der Waals surface area contributed by atoms with Crippen LogP contribution in [0.1, 0.15) is 25.6 Å². The van der Waals surface area contributed by atoms with Crippen LogP contribution in [-0.4, -0.2) is 17.9 Å². The fourth-order valence-corrected chi connectivity index (χ4v) is 3.06. The minimum Gasteiger partial charge on any atom is -0.359 e. The van der Waals surface area contributed by atoms with Crippen LogP contribution < -0.4 is 10.6 Å². The molecule has 1 amide bonds. The molecule has 0 unspecified atom stereocenters. The third-order valence-electron chi connectivity index (χ3n) is 3.79. The first kappa shape index (κ1) is 16.9. The van der Waals surface area contributed by atoms with E-state index in [2.05, 4.69) is 10.6 Å². The van der Waals surface area contributed by atoms with Gasteiger partial charge in [0.25, 0.3) is 5.91 Å². The number of Topliss-reactive ketones (excluding diaryl/α,β-unsaturated/α-hetero) is 1. The molecule has 0 saturated carbocycles. The van der Waals surface area contributed by atoms with Gasteiger partial charge in [-0.1, -0.05) is 54.6 Å². The first-order valence-electron chi connectivity index (χ1n) is 7.91. The number of hydrogen-bond acceptors (Lipinski definition) is 4. The van der Waals surface area contributed by atoms with Crippen molar-refractivity contribution in [2.75, 3.05) is 5.32 Å². The van der Waals surface area contributed by atoms with E-state index in [1.807, 2.05) is 48.7 Å². The van der Waals surface area contributed by atoms with Crippen LogP contribution in [-0.2, 0) is 0 Å². The van der Waals surface area contributed by atoms with Gasteiger partial charge in [-0.25, -0.2) is 0 Å². The summed E-state index contributed by atoms with van der Waals surface area (Å²) >= 11 is 1.34. The smallest absolute Gasteiger partial charge is 0.263 e. The molecule has 2 N–H and O–H groups in total. The van der Waals surface area contributed by atoms with E-state index in [0.29, 0.717) is 10.4 Å². The molecule has 1 atom stereocenters. The Labute approximate surface area is 150 Å². The fraction of sp³-hybridized carbons (Fsp3) is 0.100. The quantitative estimate of drug-likeness (QED) is 0.520. The van der Waals surface area contributed by atoms with Crippen molar-refractivity contribution in [2.45, 2.75) is 13.1 Å². The van der Waals surface area contributed by atoms with E-state index >= 15 is 0 Å². The molecule has 0 aliphatic heterocycles. The second-order valence-corrected chi connectivity index (χ2v) is 6.52. The molecule has 0 saturated heterocycles. The maximum absolute atomic E-state index is 12.9. The summed E-state index contributed by atoms with van der Waals surface area (Å²) in [5.74, 6) is -0.459. The molecule has 0 spiro atoms. The number of thiophene rings is 1. The molecular formula is C20H18N2O2S. The van der Waals surface area contributed by atoms with Crippen LogP contribution in [0.15, 0.2) is 72.1 Å². The molecule has 0 aliphatic carbocycles. The van der Waals surface area contributed by atoms with E-state index in [0.717, 1.165) is 11.3 Å². The van der Waals surface area contributed by atoms with Crippen molar-refractivity contribution in [1.29, 1.82) is 0 Å². The molecule has 3 aromatic rings. The number of anilines is 1. The average molecular weight is 350 g/mol. The summed E-state index contributed by atoms with van der Waals surface area (Å²) in [5, 5.41) is 7.80. The SMILES string of the molecule is Cc1ccccc1N[C@H](NC(=O)c1cccs1)C(=O)c1ccccc1. The van der Waals surface area contributed by atoms with Gasteiger partial charge >= 0.3 is 0 Å². The minimum atomic E-state index is -0.849. The van der Waals surface area contributed by atoms with Crippen molar-refractivity contribution in [3.05, 3.63) is 88.1 Å². The number of para-hydroxylation sites is 1. The number of carbonyl (C=O) groups excluding carboxylic acids is 2. The largest absolute Gasteiger partial charge is 0.359 e. The second-order valence-electron chi connectivity index (χ2n) is 5.57. The van der Waals surface area contributed by atoms with E-state index in [9.17, 15) is 9.59 Å². The van der Waals surface area contributed by atoms with Gasteiger partial charge in [-0.2, -0.15) is 0 Å². The van der Waals surface area contributed by atoms with Crippen LogP contribution in [0.3, 0.4) is 0 Å². The summed E-state index contributed by atoms with van der Waals surface area (Å²) in [4.78, 5) is 25.9. The van der Waals surface area contributed by atoms with E-state index in [1.165, 1.54) is 11.3 Å². The van der Waals surface area contributed by atoms with Gasteiger partial charge in [0.1, 0.15) is 0 Å². The highest BCUT2D eigenvalue weighted by molar-refractivity contribution is 7.12. The molecular weight excluding hydrogens is 332 g/mol. The molecule has 2 aromatic carbocycles. The van der Waals surface area contributed by atoms with Gasteiger partial charge in [0, 0.05) is 11.3 Å². The standard InChI is InChI=1S/C20H18N2O2S/c1-14-8-5-6-11-16(14)21-19(18(23)15-9-3-2-4-10-15)22-20(24)17-12-7-13-25-17/h2-13,19,21H,1H3,(H,22,24)/t19-/m1/s1. The third-order valence-corrected chi connectivity index (χ3v) is 4.65. The van der Waals surface area contributed by atoms with Gasteiger partial charge in [0.05, 0.1) is 4.88 Å². The topological polar surface area (TPSA) is 58.2 Å². The van der Waals surface area contributed by atoms with Crippen LogP contribution >= 0.6 is 11.3 Å². The Kier molecular flexibility index (Phi) is 5.26. The van der Waals surface area contributed by atoms with Crippen molar-refractivity contribution < 1.29 is 9.59 Å². The Hall–Kier alpha value is -2.92. The molecule has 5 heteroatoms. The Morgan fingerprint density at radius 3 is 2.32 bits per heavy atom. The number of benzene rings is 2. The first-order valence-corrected chi connectivity index (χ1v) is 8.79. The van der Waals surface area contributed by atoms with Gasteiger partial charge in [-0.3, -0.25) is 9.59 Å². The number of aryl methyl sites for hydroxylation is 1. The van der Waals surface area contributed by atoms with Crippen LogP contribution in [0.2, 0.25) is 0 Å². The molecule has 4 nitrogen and oxygen atoms in total. The first-order chi connectivity index (χ1) is 12.1. The molecule has 0 bridgehead atoms. The highest BCUT2D eigenvalue weighted by Gasteiger charge is 2.23. The minimum absolute atomic E-state index is 0.186. The van der Waals surface area contributed by atoms with Crippen LogP contribution in [0.4, 0.5) is 5.69 Å². The summed E-state index contributed by atoms with van der Waals surface area (Å²) in [6.07, 6.45) is -0.849. The monoisotopic (exact) mass is 350 g/mol. The van der Waals surface area contributed by atoms with Crippen molar-refractivity contribution in [2.24, 2.45) is 0 Å². The molecule has 1 heterocycles. The summed E-state index contributed by atoms with van der Waals surface area (Å²) in [6.45, 7) is 1.95. The normalized spacial score (nSPS) is 11.6. The Morgan fingerprint density at radius 2 is 1.64 bits per heavy atom.